The minimum absolute atomic E-state index is 0.174. The lowest BCUT2D eigenvalue weighted by Gasteiger charge is -2.42. The third-order valence-corrected chi connectivity index (χ3v) is 6.26. The first kappa shape index (κ1) is 18.3. The highest BCUT2D eigenvalue weighted by atomic mass is 79.9. The summed E-state index contributed by atoms with van der Waals surface area (Å²) in [6.07, 6.45) is 2.42. The molecule has 0 amide bonds. The predicted molar refractivity (Wildman–Crippen MR) is 108 cm³/mol. The average Bonchev–Trinajstić information content (AvgIpc) is 2.58. The monoisotopic (exact) mass is 402 g/mol. The van der Waals surface area contributed by atoms with Crippen LogP contribution in [0.4, 0.5) is 0 Å². The van der Waals surface area contributed by atoms with E-state index in [1.54, 1.807) is 14.2 Å². The number of rotatable bonds is 3. The number of hydrogen-bond acceptors (Lipinski definition) is 2. The van der Waals surface area contributed by atoms with Crippen molar-refractivity contribution in [1.29, 1.82) is 0 Å². The van der Waals surface area contributed by atoms with E-state index in [2.05, 4.69) is 61.8 Å². The lowest BCUT2D eigenvalue weighted by atomic mass is 9.63. The zero-order chi connectivity index (χ0) is 18.4. The molecule has 0 aliphatic heterocycles. The van der Waals surface area contributed by atoms with Gasteiger partial charge in [0.1, 0.15) is 11.5 Å². The zero-order valence-corrected chi connectivity index (χ0v) is 17.6. The molecule has 0 aromatic heterocycles. The number of benzene rings is 2. The van der Waals surface area contributed by atoms with Crippen molar-refractivity contribution in [3.63, 3.8) is 0 Å². The summed E-state index contributed by atoms with van der Waals surface area (Å²) in [7, 11) is 3.41. The molecule has 3 heteroatoms. The molecule has 2 nitrogen and oxygen atoms in total. The van der Waals surface area contributed by atoms with Gasteiger partial charge in [-0.2, -0.15) is 0 Å². The maximum absolute atomic E-state index is 5.68. The number of methoxy groups -OCH3 is 2. The van der Waals surface area contributed by atoms with E-state index in [9.17, 15) is 0 Å². The summed E-state index contributed by atoms with van der Waals surface area (Å²) in [5.41, 5.74) is 5.42. The molecule has 0 unspecified atom stereocenters. The highest BCUT2D eigenvalue weighted by Crippen LogP contribution is 2.49. The Hall–Kier alpha value is -1.48. The van der Waals surface area contributed by atoms with Gasteiger partial charge in [0.25, 0.3) is 0 Å². The third-order valence-electron chi connectivity index (χ3n) is 5.64. The van der Waals surface area contributed by atoms with Crippen LogP contribution in [0.15, 0.2) is 34.8 Å². The van der Waals surface area contributed by atoms with Crippen molar-refractivity contribution in [2.24, 2.45) is 0 Å². The van der Waals surface area contributed by atoms with Crippen LogP contribution in [0.1, 0.15) is 51.7 Å². The second-order valence-corrected chi connectivity index (χ2v) is 9.04. The summed E-state index contributed by atoms with van der Waals surface area (Å²) in [4.78, 5) is 0. The summed E-state index contributed by atoms with van der Waals surface area (Å²) in [6, 6.07) is 10.8. The Morgan fingerprint density at radius 2 is 1.48 bits per heavy atom. The minimum atomic E-state index is 0.174. The van der Waals surface area contributed by atoms with Crippen LogP contribution in [0.2, 0.25) is 0 Å². The lowest BCUT2D eigenvalue weighted by molar-refractivity contribution is 0.332. The number of halogens is 1. The fourth-order valence-electron chi connectivity index (χ4n) is 3.93. The van der Waals surface area contributed by atoms with Crippen molar-refractivity contribution in [2.75, 3.05) is 14.2 Å². The molecular formula is C22H27BrO2. The van der Waals surface area contributed by atoms with E-state index in [0.29, 0.717) is 0 Å². The van der Waals surface area contributed by atoms with Gasteiger partial charge < -0.3 is 9.47 Å². The van der Waals surface area contributed by atoms with Gasteiger partial charge in [-0.25, -0.2) is 0 Å². The molecule has 0 spiro atoms. The summed E-state index contributed by atoms with van der Waals surface area (Å²) < 4.78 is 12.2. The van der Waals surface area contributed by atoms with Crippen molar-refractivity contribution in [1.82, 2.24) is 0 Å². The van der Waals surface area contributed by atoms with Crippen LogP contribution in [0.3, 0.4) is 0 Å². The second kappa shape index (κ2) is 6.35. The molecule has 1 aliphatic carbocycles. The summed E-state index contributed by atoms with van der Waals surface area (Å²) in [5, 5.41) is 0. The molecule has 0 saturated heterocycles. The van der Waals surface area contributed by atoms with Crippen molar-refractivity contribution >= 4 is 15.9 Å². The van der Waals surface area contributed by atoms with E-state index in [4.69, 9.17) is 9.47 Å². The normalized spacial score (nSPS) is 17.7. The second-order valence-electron chi connectivity index (χ2n) is 8.19. The molecule has 25 heavy (non-hydrogen) atoms. The topological polar surface area (TPSA) is 18.5 Å². The Kier molecular flexibility index (Phi) is 4.65. The first-order valence-corrected chi connectivity index (χ1v) is 9.56. The summed E-state index contributed by atoms with van der Waals surface area (Å²) >= 11 is 3.60. The molecule has 0 atom stereocenters. The van der Waals surface area contributed by atoms with Crippen LogP contribution in [-0.2, 0) is 10.8 Å². The van der Waals surface area contributed by atoms with E-state index in [0.717, 1.165) is 27.1 Å². The van der Waals surface area contributed by atoms with Gasteiger partial charge >= 0.3 is 0 Å². The molecule has 134 valence electrons. The Bertz CT molecular complexity index is 806. The van der Waals surface area contributed by atoms with Crippen molar-refractivity contribution in [3.05, 3.63) is 45.9 Å². The molecule has 2 aromatic rings. The smallest absolute Gasteiger partial charge is 0.144 e. The summed E-state index contributed by atoms with van der Waals surface area (Å²) in [5.74, 6) is 1.64. The summed E-state index contributed by atoms with van der Waals surface area (Å²) in [6.45, 7) is 9.39. The highest BCUT2D eigenvalue weighted by molar-refractivity contribution is 9.10. The van der Waals surface area contributed by atoms with Crippen LogP contribution in [-0.4, -0.2) is 14.2 Å². The van der Waals surface area contributed by atoms with Crippen LogP contribution < -0.4 is 9.47 Å². The third kappa shape index (κ3) is 3.08. The van der Waals surface area contributed by atoms with Gasteiger partial charge in [0.2, 0.25) is 0 Å². The Labute approximate surface area is 159 Å². The maximum atomic E-state index is 5.68. The van der Waals surface area contributed by atoms with Crippen LogP contribution in [0.25, 0.3) is 11.1 Å². The fourth-order valence-corrected chi connectivity index (χ4v) is 4.42. The maximum Gasteiger partial charge on any atom is 0.144 e. The number of hydrogen-bond donors (Lipinski definition) is 0. The van der Waals surface area contributed by atoms with Gasteiger partial charge in [-0.05, 0) is 68.4 Å². The van der Waals surface area contributed by atoms with Gasteiger partial charge in [-0.15, -0.1) is 0 Å². The SMILES string of the molecule is COc1ccc(Br)c(OC)c1-c1ccc2c(c1)C(C)(C)CCC2(C)C. The Balaban J connectivity index is 2.27. The van der Waals surface area contributed by atoms with Gasteiger partial charge in [-0.3, -0.25) is 0 Å². The first-order chi connectivity index (χ1) is 11.7. The average molecular weight is 403 g/mol. The number of fused-ring (bicyclic) bond motifs is 1. The standard InChI is InChI=1S/C22H27BrO2/c1-21(2)11-12-22(3,4)16-13-14(7-8-15(16)21)19-18(24-5)10-9-17(23)20(19)25-6/h7-10,13H,11-12H2,1-6H3. The molecular weight excluding hydrogens is 376 g/mol. The molecule has 0 saturated carbocycles. The van der Waals surface area contributed by atoms with E-state index in [1.165, 1.54) is 24.0 Å². The van der Waals surface area contributed by atoms with Crippen molar-refractivity contribution in [2.45, 2.75) is 51.4 Å². The van der Waals surface area contributed by atoms with E-state index < -0.39 is 0 Å². The van der Waals surface area contributed by atoms with Crippen LogP contribution in [0.5, 0.6) is 11.5 Å². The fraction of sp³-hybridized carbons (Fsp3) is 0.455. The van der Waals surface area contributed by atoms with Crippen LogP contribution in [0, 0.1) is 0 Å². The van der Waals surface area contributed by atoms with E-state index >= 15 is 0 Å². The predicted octanol–water partition coefficient (Wildman–Crippen LogP) is 6.48. The largest absolute Gasteiger partial charge is 0.496 e. The van der Waals surface area contributed by atoms with Crippen LogP contribution >= 0.6 is 15.9 Å². The zero-order valence-electron chi connectivity index (χ0n) is 16.0. The first-order valence-electron chi connectivity index (χ1n) is 8.77. The molecule has 0 N–H and O–H groups in total. The Morgan fingerprint density at radius 1 is 0.840 bits per heavy atom. The quantitative estimate of drug-likeness (QED) is 0.584. The molecule has 2 aromatic carbocycles. The van der Waals surface area contributed by atoms with Gasteiger partial charge in [0.05, 0.1) is 24.3 Å². The molecule has 3 rings (SSSR count). The number of ether oxygens (including phenoxy) is 2. The molecule has 1 aliphatic rings. The van der Waals surface area contributed by atoms with Gasteiger partial charge in [-0.1, -0.05) is 45.9 Å². The van der Waals surface area contributed by atoms with E-state index in [1.807, 2.05) is 12.1 Å². The van der Waals surface area contributed by atoms with Gasteiger partial charge in [0.15, 0.2) is 0 Å². The lowest BCUT2D eigenvalue weighted by Crippen LogP contribution is -2.33. The minimum Gasteiger partial charge on any atom is -0.496 e. The van der Waals surface area contributed by atoms with E-state index in [-0.39, 0.29) is 10.8 Å². The van der Waals surface area contributed by atoms with Gasteiger partial charge in [0, 0.05) is 0 Å². The molecule has 0 fully saturated rings. The molecule has 0 bridgehead atoms. The highest BCUT2D eigenvalue weighted by Gasteiger charge is 2.37. The molecule has 0 heterocycles. The molecule has 0 radical (unpaired) electrons. The van der Waals surface area contributed by atoms with Crippen molar-refractivity contribution < 1.29 is 9.47 Å². The van der Waals surface area contributed by atoms with Crippen molar-refractivity contribution in [3.8, 4) is 22.6 Å². The Morgan fingerprint density at radius 3 is 2.08 bits per heavy atom.